The Labute approximate surface area is 126 Å². The first kappa shape index (κ1) is 12.8. The molecule has 1 aromatic carbocycles. The maximum atomic E-state index is 12.1. The Kier molecular flexibility index (Phi) is 2.48. The van der Waals surface area contributed by atoms with Crippen molar-refractivity contribution in [2.75, 3.05) is 0 Å². The summed E-state index contributed by atoms with van der Waals surface area (Å²) in [6, 6.07) is 5.11. The Morgan fingerprint density at radius 2 is 2.18 bits per heavy atom. The van der Waals surface area contributed by atoms with Gasteiger partial charge < -0.3 is 13.9 Å². The molecule has 0 fully saturated rings. The van der Waals surface area contributed by atoms with Gasteiger partial charge in [0.15, 0.2) is 5.56 Å². The molecule has 9 heteroatoms. The molecule has 0 saturated heterocycles. The van der Waals surface area contributed by atoms with Crippen LogP contribution < -0.4 is 5.63 Å². The molecule has 0 aliphatic rings. The van der Waals surface area contributed by atoms with Crippen molar-refractivity contribution in [1.29, 1.82) is 0 Å². The number of hydrogen-bond acceptors (Lipinski definition) is 7. The van der Waals surface area contributed by atoms with Gasteiger partial charge >= 0.3 is 11.5 Å². The third-order valence-electron chi connectivity index (χ3n) is 3.21. The van der Waals surface area contributed by atoms with Gasteiger partial charge in [-0.2, -0.15) is 4.98 Å². The normalized spacial score (nSPS) is 11.5. The molecular formula is C13H8N4O4S. The minimum absolute atomic E-state index is 0.0862. The van der Waals surface area contributed by atoms with Crippen LogP contribution in [0, 0.1) is 11.7 Å². The quantitative estimate of drug-likeness (QED) is 0.409. The zero-order valence-corrected chi connectivity index (χ0v) is 12.0. The molecule has 0 radical (unpaired) electrons. The molecule has 2 N–H and O–H groups in total. The molecular weight excluding hydrogens is 308 g/mol. The van der Waals surface area contributed by atoms with Gasteiger partial charge in [0.25, 0.3) is 5.89 Å². The van der Waals surface area contributed by atoms with E-state index in [1.165, 1.54) is 4.63 Å². The van der Waals surface area contributed by atoms with Crippen molar-refractivity contribution in [2.45, 2.75) is 6.92 Å². The van der Waals surface area contributed by atoms with Crippen molar-refractivity contribution in [3.8, 4) is 17.2 Å². The standard InChI is InChI=1S/C13H8N4O4S/c1-5-2-3-7-6(4-5)9(18)8(11(19)20-7)10-15-17-13(21-10)14-12(22)16-17/h2-4,18H,1H3,(H,16,22). The van der Waals surface area contributed by atoms with Gasteiger partial charge in [0.2, 0.25) is 4.77 Å². The lowest BCUT2D eigenvalue weighted by atomic mass is 10.1. The van der Waals surface area contributed by atoms with Crippen LogP contribution in [0.2, 0.25) is 0 Å². The van der Waals surface area contributed by atoms with E-state index in [1.54, 1.807) is 18.2 Å². The molecule has 0 bridgehead atoms. The maximum absolute atomic E-state index is 12.1. The number of hydrogen-bond donors (Lipinski definition) is 2. The fourth-order valence-corrected chi connectivity index (χ4v) is 2.38. The summed E-state index contributed by atoms with van der Waals surface area (Å²) in [6.45, 7) is 1.86. The van der Waals surface area contributed by atoms with Gasteiger partial charge in [0.1, 0.15) is 11.3 Å². The summed E-state index contributed by atoms with van der Waals surface area (Å²) in [5.74, 6) is -0.274. The van der Waals surface area contributed by atoms with Crippen molar-refractivity contribution in [1.82, 2.24) is 19.8 Å². The van der Waals surface area contributed by atoms with Crippen molar-refractivity contribution in [3.05, 3.63) is 39.0 Å². The smallest absolute Gasteiger partial charge is 0.353 e. The minimum Gasteiger partial charge on any atom is -0.506 e. The average molecular weight is 316 g/mol. The molecule has 4 aromatic rings. The predicted octanol–water partition coefficient (Wildman–Crippen LogP) is 2.17. The second-order valence-corrected chi connectivity index (χ2v) is 5.13. The van der Waals surface area contributed by atoms with Crippen LogP contribution in [-0.2, 0) is 0 Å². The molecule has 110 valence electrons. The summed E-state index contributed by atoms with van der Waals surface area (Å²) in [6.07, 6.45) is 0. The first-order valence-corrected chi connectivity index (χ1v) is 6.66. The number of rotatable bonds is 1. The Bertz CT molecular complexity index is 1120. The Balaban J connectivity index is 2.06. The van der Waals surface area contributed by atoms with Crippen molar-refractivity contribution in [2.24, 2.45) is 0 Å². The van der Waals surface area contributed by atoms with E-state index in [0.717, 1.165) is 5.56 Å². The average Bonchev–Trinajstić information content (AvgIpc) is 2.97. The highest BCUT2D eigenvalue weighted by Crippen LogP contribution is 2.33. The molecule has 3 heterocycles. The molecule has 22 heavy (non-hydrogen) atoms. The lowest BCUT2D eigenvalue weighted by Gasteiger charge is -2.03. The van der Waals surface area contributed by atoms with Gasteiger partial charge in [-0.3, -0.25) is 0 Å². The second-order valence-electron chi connectivity index (χ2n) is 4.74. The number of nitrogens with one attached hydrogen (secondary N) is 1. The fourth-order valence-electron chi connectivity index (χ4n) is 2.22. The Morgan fingerprint density at radius 1 is 1.36 bits per heavy atom. The van der Waals surface area contributed by atoms with Crippen LogP contribution in [0.5, 0.6) is 5.75 Å². The Hall–Kier alpha value is -2.94. The highest BCUT2D eigenvalue weighted by molar-refractivity contribution is 7.71. The van der Waals surface area contributed by atoms with Gasteiger partial charge in [-0.15, -0.1) is 9.73 Å². The second kappa shape index (κ2) is 4.28. The monoisotopic (exact) mass is 316 g/mol. The molecule has 4 rings (SSSR count). The van der Waals surface area contributed by atoms with Crippen LogP contribution in [0.4, 0.5) is 0 Å². The van der Waals surface area contributed by atoms with E-state index in [0.29, 0.717) is 5.39 Å². The lowest BCUT2D eigenvalue weighted by molar-refractivity contribution is 0.466. The number of aromatic nitrogens is 4. The summed E-state index contributed by atoms with van der Waals surface area (Å²) >= 11 is 4.84. The Morgan fingerprint density at radius 3 is 2.95 bits per heavy atom. The van der Waals surface area contributed by atoms with Crippen LogP contribution in [-0.4, -0.2) is 24.9 Å². The largest absolute Gasteiger partial charge is 0.506 e. The molecule has 0 unspecified atom stereocenters. The minimum atomic E-state index is -0.753. The zero-order valence-electron chi connectivity index (χ0n) is 11.2. The van der Waals surface area contributed by atoms with E-state index in [4.69, 9.17) is 21.1 Å². The van der Waals surface area contributed by atoms with Crippen LogP contribution in [0.3, 0.4) is 0 Å². The zero-order chi connectivity index (χ0) is 15.4. The first-order valence-electron chi connectivity index (χ1n) is 6.25. The van der Waals surface area contributed by atoms with Gasteiger partial charge in [-0.05, 0) is 31.3 Å². The van der Waals surface area contributed by atoms with Gasteiger partial charge in [-0.1, -0.05) is 11.6 Å². The van der Waals surface area contributed by atoms with Crippen LogP contribution in [0.15, 0.2) is 31.8 Å². The maximum Gasteiger partial charge on any atom is 0.353 e. The van der Waals surface area contributed by atoms with E-state index in [1.807, 2.05) is 6.92 Å². The summed E-state index contributed by atoms with van der Waals surface area (Å²) in [5.41, 5.74) is 0.279. The SMILES string of the molecule is Cc1ccc2oc(=O)c(-c3nn4[nH]c(=S)nc4o3)c(O)c2c1. The van der Waals surface area contributed by atoms with Gasteiger partial charge in [0.05, 0.1) is 5.39 Å². The lowest BCUT2D eigenvalue weighted by Crippen LogP contribution is -2.04. The number of aromatic amines is 1. The number of aryl methyl sites for hydroxylation is 1. The summed E-state index contributed by atoms with van der Waals surface area (Å²) in [4.78, 5) is 16.0. The number of aromatic hydroxyl groups is 1. The van der Waals surface area contributed by atoms with Crippen molar-refractivity contribution in [3.63, 3.8) is 0 Å². The molecule has 3 aromatic heterocycles. The van der Waals surface area contributed by atoms with E-state index in [-0.39, 0.29) is 33.4 Å². The number of nitrogens with zero attached hydrogens (tertiary/aromatic N) is 3. The summed E-state index contributed by atoms with van der Waals surface area (Å²) in [5, 5.41) is 17.4. The first-order chi connectivity index (χ1) is 10.5. The van der Waals surface area contributed by atoms with Gasteiger partial charge in [-0.25, -0.2) is 9.89 Å². The highest BCUT2D eigenvalue weighted by atomic mass is 32.1. The number of benzene rings is 1. The predicted molar refractivity (Wildman–Crippen MR) is 78.3 cm³/mol. The van der Waals surface area contributed by atoms with Crippen LogP contribution in [0.25, 0.3) is 28.3 Å². The van der Waals surface area contributed by atoms with Crippen molar-refractivity contribution < 1.29 is 13.9 Å². The fraction of sp³-hybridized carbons (Fsp3) is 0.0769. The molecule has 0 saturated carbocycles. The van der Waals surface area contributed by atoms with E-state index < -0.39 is 5.63 Å². The molecule has 0 aliphatic carbocycles. The molecule has 0 aliphatic heterocycles. The third-order valence-corrected chi connectivity index (χ3v) is 3.39. The molecule has 0 amide bonds. The highest BCUT2D eigenvalue weighted by Gasteiger charge is 2.22. The number of fused-ring (bicyclic) bond motifs is 2. The topological polar surface area (TPSA) is 110 Å². The molecule has 8 nitrogen and oxygen atoms in total. The van der Waals surface area contributed by atoms with E-state index in [9.17, 15) is 9.90 Å². The van der Waals surface area contributed by atoms with Crippen molar-refractivity contribution >= 4 is 29.0 Å². The third kappa shape index (κ3) is 1.76. The number of H-pyrrole nitrogens is 1. The van der Waals surface area contributed by atoms with E-state index >= 15 is 0 Å². The van der Waals surface area contributed by atoms with Crippen LogP contribution in [0.1, 0.15) is 5.56 Å². The summed E-state index contributed by atoms with van der Waals surface area (Å²) < 4.78 is 11.9. The summed E-state index contributed by atoms with van der Waals surface area (Å²) in [7, 11) is 0. The molecule has 0 atom stereocenters. The van der Waals surface area contributed by atoms with E-state index in [2.05, 4.69) is 15.2 Å². The van der Waals surface area contributed by atoms with Crippen LogP contribution >= 0.6 is 12.2 Å². The molecule has 0 spiro atoms. The van der Waals surface area contributed by atoms with Gasteiger partial charge in [0, 0.05) is 0 Å².